The van der Waals surface area contributed by atoms with Crippen LogP contribution in [0.15, 0.2) is 35.1 Å². The van der Waals surface area contributed by atoms with Gasteiger partial charge in [0.1, 0.15) is 28.0 Å². The molecule has 0 unspecified atom stereocenters. The molecule has 0 aliphatic carbocycles. The van der Waals surface area contributed by atoms with E-state index in [0.29, 0.717) is 42.5 Å². The standard InChI is InChI=1S/C27H33F3N4O4S/c1-16(18-6-5-7-19(24(18)28)25(29)30)31-26-21-14-20(17-8-12-39(36,37)13-9-17)23(38-11-10-33(2)3)15-22(21)27(35)34(4)32-26/h5-7,14-17,25H,8-13H2,1-4H3,(H,31,32)/t16-/m1/s1. The van der Waals surface area contributed by atoms with E-state index in [2.05, 4.69) is 10.4 Å². The Balaban J connectivity index is 1.80. The number of benzene rings is 2. The zero-order valence-electron chi connectivity index (χ0n) is 22.4. The molecule has 1 aliphatic heterocycles. The number of ether oxygens (including phenoxy) is 1. The molecule has 2 aromatic carbocycles. The summed E-state index contributed by atoms with van der Waals surface area (Å²) in [6.07, 6.45) is -2.12. The second-order valence-corrected chi connectivity index (χ2v) is 12.5. The number of likely N-dealkylation sites (N-methyl/N-ethyl adjacent to an activating group) is 1. The molecule has 1 N–H and O–H groups in total. The van der Waals surface area contributed by atoms with Gasteiger partial charge < -0.3 is 15.0 Å². The highest BCUT2D eigenvalue weighted by molar-refractivity contribution is 7.91. The third-order valence-corrected chi connectivity index (χ3v) is 8.80. The molecule has 0 amide bonds. The van der Waals surface area contributed by atoms with Gasteiger partial charge in [0.15, 0.2) is 5.82 Å². The number of sulfone groups is 1. The fourth-order valence-electron chi connectivity index (χ4n) is 4.84. The first-order valence-electron chi connectivity index (χ1n) is 12.7. The molecule has 1 fully saturated rings. The number of aromatic nitrogens is 2. The minimum Gasteiger partial charge on any atom is -0.492 e. The third-order valence-electron chi connectivity index (χ3n) is 7.08. The Hall–Kier alpha value is -3.12. The lowest BCUT2D eigenvalue weighted by Gasteiger charge is -2.26. The van der Waals surface area contributed by atoms with Gasteiger partial charge in [0, 0.05) is 24.5 Å². The van der Waals surface area contributed by atoms with Crippen LogP contribution in [0.2, 0.25) is 0 Å². The van der Waals surface area contributed by atoms with Crippen molar-refractivity contribution in [3.05, 3.63) is 63.2 Å². The average molecular weight is 567 g/mol. The number of fused-ring (bicyclic) bond motifs is 1. The summed E-state index contributed by atoms with van der Waals surface area (Å²) < 4.78 is 72.8. The Morgan fingerprint density at radius 1 is 1.15 bits per heavy atom. The Bertz CT molecular complexity index is 1510. The molecular formula is C27H33F3N4O4S. The van der Waals surface area contributed by atoms with Crippen LogP contribution in [0.5, 0.6) is 5.75 Å². The van der Waals surface area contributed by atoms with Crippen molar-refractivity contribution >= 4 is 26.4 Å². The molecule has 1 saturated heterocycles. The zero-order chi connectivity index (χ0) is 28.5. The van der Waals surface area contributed by atoms with Crippen molar-refractivity contribution in [1.82, 2.24) is 14.7 Å². The first-order valence-corrected chi connectivity index (χ1v) is 14.6. The first kappa shape index (κ1) is 28.9. The largest absolute Gasteiger partial charge is 0.492 e. The van der Waals surface area contributed by atoms with Gasteiger partial charge in [-0.25, -0.2) is 26.3 Å². The third kappa shape index (κ3) is 6.38. The summed E-state index contributed by atoms with van der Waals surface area (Å²) in [4.78, 5) is 15.1. The lowest BCUT2D eigenvalue weighted by atomic mass is 9.91. The molecule has 8 nitrogen and oxygen atoms in total. The second kappa shape index (κ2) is 11.5. The molecule has 1 atom stereocenters. The topological polar surface area (TPSA) is 93.5 Å². The van der Waals surface area contributed by atoms with Crippen molar-refractivity contribution in [1.29, 1.82) is 0 Å². The Morgan fingerprint density at radius 3 is 2.46 bits per heavy atom. The Morgan fingerprint density at radius 2 is 1.82 bits per heavy atom. The molecule has 4 rings (SSSR count). The molecule has 0 radical (unpaired) electrons. The maximum atomic E-state index is 14.9. The van der Waals surface area contributed by atoms with E-state index in [1.165, 1.54) is 19.2 Å². The maximum Gasteiger partial charge on any atom is 0.274 e. The predicted molar refractivity (Wildman–Crippen MR) is 145 cm³/mol. The quantitative estimate of drug-likeness (QED) is 0.410. The van der Waals surface area contributed by atoms with Crippen LogP contribution in [-0.2, 0) is 16.9 Å². The molecule has 2 heterocycles. The van der Waals surface area contributed by atoms with E-state index >= 15 is 0 Å². The number of hydrogen-bond acceptors (Lipinski definition) is 7. The molecule has 3 aromatic rings. The van der Waals surface area contributed by atoms with Crippen molar-refractivity contribution in [2.45, 2.75) is 38.2 Å². The molecule has 39 heavy (non-hydrogen) atoms. The normalized spacial score (nSPS) is 16.6. The van der Waals surface area contributed by atoms with Crippen LogP contribution >= 0.6 is 0 Å². The minimum atomic E-state index is -3.10. The van der Waals surface area contributed by atoms with Crippen molar-refractivity contribution in [2.75, 3.05) is 44.1 Å². The predicted octanol–water partition coefficient (Wildman–Crippen LogP) is 4.42. The monoisotopic (exact) mass is 566 g/mol. The van der Waals surface area contributed by atoms with Gasteiger partial charge in [-0.2, -0.15) is 5.10 Å². The van der Waals surface area contributed by atoms with Crippen LogP contribution in [0, 0.1) is 5.82 Å². The van der Waals surface area contributed by atoms with Crippen molar-refractivity contribution in [3.63, 3.8) is 0 Å². The highest BCUT2D eigenvalue weighted by Crippen LogP contribution is 2.39. The minimum absolute atomic E-state index is 0.0398. The summed E-state index contributed by atoms with van der Waals surface area (Å²) in [7, 11) is 2.21. The fraction of sp³-hybridized carbons (Fsp3) is 0.481. The summed E-state index contributed by atoms with van der Waals surface area (Å²) in [6.45, 7) is 2.63. The van der Waals surface area contributed by atoms with Gasteiger partial charge in [0.25, 0.3) is 12.0 Å². The number of alkyl halides is 2. The summed E-state index contributed by atoms with van der Waals surface area (Å²) in [5.41, 5.74) is -0.247. The molecule has 0 saturated carbocycles. The molecule has 212 valence electrons. The van der Waals surface area contributed by atoms with E-state index in [4.69, 9.17) is 4.74 Å². The van der Waals surface area contributed by atoms with Crippen LogP contribution in [-0.4, -0.2) is 61.9 Å². The molecule has 1 aliphatic rings. The van der Waals surface area contributed by atoms with Crippen LogP contribution < -0.4 is 15.6 Å². The number of nitrogens with zero attached hydrogens (tertiary/aromatic N) is 3. The van der Waals surface area contributed by atoms with Crippen LogP contribution in [0.4, 0.5) is 19.0 Å². The van der Waals surface area contributed by atoms with Crippen LogP contribution in [0.25, 0.3) is 10.8 Å². The van der Waals surface area contributed by atoms with Gasteiger partial charge in [-0.15, -0.1) is 0 Å². The Labute approximate surface area is 225 Å². The van der Waals surface area contributed by atoms with E-state index in [-0.39, 0.29) is 34.4 Å². The van der Waals surface area contributed by atoms with E-state index in [1.54, 1.807) is 19.1 Å². The molecule has 12 heteroatoms. The van der Waals surface area contributed by atoms with E-state index < -0.39 is 33.7 Å². The maximum absolute atomic E-state index is 14.9. The van der Waals surface area contributed by atoms with Crippen molar-refractivity contribution in [3.8, 4) is 5.75 Å². The molecule has 1 aromatic heterocycles. The smallest absolute Gasteiger partial charge is 0.274 e. The van der Waals surface area contributed by atoms with Crippen molar-refractivity contribution < 1.29 is 26.3 Å². The zero-order valence-corrected chi connectivity index (χ0v) is 23.2. The van der Waals surface area contributed by atoms with Gasteiger partial charge in [-0.05, 0) is 57.5 Å². The van der Waals surface area contributed by atoms with Crippen molar-refractivity contribution in [2.24, 2.45) is 7.05 Å². The number of aryl methyl sites for hydroxylation is 1. The molecule has 0 spiro atoms. The highest BCUT2D eigenvalue weighted by Gasteiger charge is 2.28. The second-order valence-electron chi connectivity index (χ2n) is 10.2. The van der Waals surface area contributed by atoms with Crippen LogP contribution in [0.1, 0.15) is 54.8 Å². The van der Waals surface area contributed by atoms with Crippen LogP contribution in [0.3, 0.4) is 0 Å². The lowest BCUT2D eigenvalue weighted by Crippen LogP contribution is -2.25. The molecule has 0 bridgehead atoms. The number of hydrogen-bond donors (Lipinski definition) is 1. The fourth-order valence-corrected chi connectivity index (χ4v) is 6.33. The van der Waals surface area contributed by atoms with E-state index in [1.807, 2.05) is 19.0 Å². The summed E-state index contributed by atoms with van der Waals surface area (Å²) in [6, 6.07) is 6.53. The molecular weight excluding hydrogens is 533 g/mol. The lowest BCUT2D eigenvalue weighted by molar-refractivity contribution is 0.146. The number of nitrogens with one attached hydrogen (secondary N) is 1. The highest BCUT2D eigenvalue weighted by atomic mass is 32.2. The first-order chi connectivity index (χ1) is 18.4. The van der Waals surface area contributed by atoms with Gasteiger partial charge in [0.2, 0.25) is 0 Å². The summed E-state index contributed by atoms with van der Waals surface area (Å²) in [5.74, 6) is -0.214. The summed E-state index contributed by atoms with van der Waals surface area (Å²) in [5, 5.41) is 8.23. The van der Waals surface area contributed by atoms with Gasteiger partial charge in [-0.3, -0.25) is 4.79 Å². The SMILES string of the molecule is C[C@@H](Nc1nn(C)c(=O)c2cc(OCCN(C)C)c(C3CCS(=O)(=O)CC3)cc12)c1cccc(C(F)F)c1F. The van der Waals surface area contributed by atoms with E-state index in [9.17, 15) is 26.4 Å². The average Bonchev–Trinajstić information content (AvgIpc) is 2.86. The number of anilines is 1. The van der Waals surface area contributed by atoms with E-state index in [0.717, 1.165) is 16.3 Å². The summed E-state index contributed by atoms with van der Waals surface area (Å²) >= 11 is 0. The number of halogens is 3. The van der Waals surface area contributed by atoms with Gasteiger partial charge in [0.05, 0.1) is 28.5 Å². The Kier molecular flexibility index (Phi) is 8.55. The number of rotatable bonds is 9. The van der Waals surface area contributed by atoms with Gasteiger partial charge >= 0.3 is 0 Å². The van der Waals surface area contributed by atoms with Gasteiger partial charge in [-0.1, -0.05) is 18.2 Å².